The Hall–Kier alpha value is -2.18. The lowest BCUT2D eigenvalue weighted by atomic mass is 10.3. The molecule has 1 amide bonds. The summed E-state index contributed by atoms with van der Waals surface area (Å²) in [6.45, 7) is 0.482. The molecule has 1 saturated carbocycles. The number of carbonyl (C=O) groups excluding carboxylic acids is 1. The normalized spacial score (nSPS) is 13.9. The van der Waals surface area contributed by atoms with Gasteiger partial charge in [-0.2, -0.15) is 0 Å². The highest BCUT2D eigenvalue weighted by Gasteiger charge is 2.22. The Morgan fingerprint density at radius 3 is 3.00 bits per heavy atom. The summed E-state index contributed by atoms with van der Waals surface area (Å²) in [5.41, 5.74) is -0.0510. The number of nitrogens with one attached hydrogen (secondary N) is 2. The third-order valence-electron chi connectivity index (χ3n) is 2.80. The van der Waals surface area contributed by atoms with Crippen LogP contribution in [0.25, 0.3) is 0 Å². The second-order valence-electron chi connectivity index (χ2n) is 4.50. The van der Waals surface area contributed by atoms with E-state index in [1.165, 1.54) is 18.3 Å². The molecule has 0 atom stereocenters. The Bertz CT molecular complexity index is 474. The van der Waals surface area contributed by atoms with Gasteiger partial charge in [-0.25, -0.2) is 4.98 Å². The number of aromatic nitrogens is 1. The van der Waals surface area contributed by atoms with Gasteiger partial charge in [0, 0.05) is 31.3 Å². The molecule has 0 aliphatic heterocycles. The third-order valence-corrected chi connectivity index (χ3v) is 2.80. The molecule has 1 aromatic heterocycles. The molecule has 1 fully saturated rings. The summed E-state index contributed by atoms with van der Waals surface area (Å²) in [6.07, 6.45) is 4.68. The van der Waals surface area contributed by atoms with Crippen LogP contribution in [0.3, 0.4) is 0 Å². The Kier molecular flexibility index (Phi) is 4.27. The van der Waals surface area contributed by atoms with Crippen LogP contribution in [-0.4, -0.2) is 28.4 Å². The van der Waals surface area contributed by atoms with Crippen molar-refractivity contribution in [1.82, 2.24) is 10.3 Å². The molecule has 0 spiro atoms. The number of carbonyl (C=O) groups is 1. The molecule has 2 N–H and O–H groups in total. The lowest BCUT2D eigenvalue weighted by molar-refractivity contribution is -0.384. The van der Waals surface area contributed by atoms with Crippen LogP contribution in [0.1, 0.15) is 25.7 Å². The Morgan fingerprint density at radius 1 is 1.53 bits per heavy atom. The first-order valence-corrected chi connectivity index (χ1v) is 6.29. The first-order valence-electron chi connectivity index (χ1n) is 6.29. The van der Waals surface area contributed by atoms with Gasteiger partial charge in [-0.15, -0.1) is 0 Å². The zero-order valence-corrected chi connectivity index (χ0v) is 10.5. The first kappa shape index (κ1) is 13.3. The summed E-state index contributed by atoms with van der Waals surface area (Å²) in [6, 6.07) is 3.29. The monoisotopic (exact) mass is 264 g/mol. The molecular formula is C12H16N4O3. The number of nitro groups is 1. The highest BCUT2D eigenvalue weighted by Crippen LogP contribution is 2.20. The summed E-state index contributed by atoms with van der Waals surface area (Å²) in [4.78, 5) is 25.6. The van der Waals surface area contributed by atoms with Crippen LogP contribution in [-0.2, 0) is 4.79 Å². The van der Waals surface area contributed by atoms with Gasteiger partial charge in [0.2, 0.25) is 11.7 Å². The zero-order chi connectivity index (χ0) is 13.7. The Morgan fingerprint density at radius 2 is 2.32 bits per heavy atom. The van der Waals surface area contributed by atoms with Gasteiger partial charge >= 0.3 is 5.69 Å². The molecule has 7 heteroatoms. The van der Waals surface area contributed by atoms with Gasteiger partial charge in [-0.05, 0) is 25.3 Å². The lowest BCUT2D eigenvalue weighted by Crippen LogP contribution is -2.25. The van der Waals surface area contributed by atoms with Gasteiger partial charge in [0.25, 0.3) is 0 Å². The van der Waals surface area contributed by atoms with Crippen molar-refractivity contribution in [2.24, 2.45) is 0 Å². The van der Waals surface area contributed by atoms with Crippen molar-refractivity contribution in [2.75, 3.05) is 11.9 Å². The SMILES string of the molecule is O=C(CCCNc1ncccc1[N+](=O)[O-])NC1CC1. The van der Waals surface area contributed by atoms with Crippen molar-refractivity contribution < 1.29 is 9.72 Å². The molecule has 2 rings (SSSR count). The van der Waals surface area contributed by atoms with E-state index in [0.717, 1.165) is 12.8 Å². The summed E-state index contributed by atoms with van der Waals surface area (Å²) in [5, 5.41) is 16.5. The van der Waals surface area contributed by atoms with E-state index in [-0.39, 0.29) is 17.4 Å². The summed E-state index contributed by atoms with van der Waals surface area (Å²) in [5.74, 6) is 0.287. The average molecular weight is 264 g/mol. The summed E-state index contributed by atoms with van der Waals surface area (Å²) < 4.78 is 0. The number of nitrogens with zero attached hydrogens (tertiary/aromatic N) is 2. The molecule has 7 nitrogen and oxygen atoms in total. The molecule has 0 unspecified atom stereocenters. The molecule has 0 bridgehead atoms. The molecule has 1 heterocycles. The predicted octanol–water partition coefficient (Wildman–Crippen LogP) is 1.46. The van der Waals surface area contributed by atoms with E-state index < -0.39 is 4.92 Å². The second-order valence-corrected chi connectivity index (χ2v) is 4.50. The fourth-order valence-corrected chi connectivity index (χ4v) is 1.66. The van der Waals surface area contributed by atoms with Crippen molar-refractivity contribution in [3.63, 3.8) is 0 Å². The molecule has 1 aromatic rings. The maximum absolute atomic E-state index is 11.4. The smallest absolute Gasteiger partial charge is 0.311 e. The van der Waals surface area contributed by atoms with E-state index in [1.807, 2.05) is 0 Å². The van der Waals surface area contributed by atoms with Crippen LogP contribution in [0, 0.1) is 10.1 Å². The Balaban J connectivity index is 1.72. The summed E-state index contributed by atoms with van der Waals surface area (Å²) in [7, 11) is 0. The van der Waals surface area contributed by atoms with Gasteiger partial charge < -0.3 is 10.6 Å². The van der Waals surface area contributed by atoms with Gasteiger partial charge in [0.1, 0.15) is 0 Å². The maximum Gasteiger partial charge on any atom is 0.311 e. The van der Waals surface area contributed by atoms with E-state index in [0.29, 0.717) is 25.4 Å². The molecule has 0 saturated heterocycles. The topological polar surface area (TPSA) is 97.2 Å². The number of hydrogen-bond donors (Lipinski definition) is 2. The molecule has 1 aliphatic carbocycles. The van der Waals surface area contributed by atoms with Crippen molar-refractivity contribution in [3.8, 4) is 0 Å². The fraction of sp³-hybridized carbons (Fsp3) is 0.500. The second kappa shape index (κ2) is 6.12. The van der Waals surface area contributed by atoms with Gasteiger partial charge in [0.05, 0.1) is 4.92 Å². The van der Waals surface area contributed by atoms with Crippen molar-refractivity contribution in [1.29, 1.82) is 0 Å². The summed E-state index contributed by atoms with van der Waals surface area (Å²) >= 11 is 0. The van der Waals surface area contributed by atoms with Crippen LogP contribution in [0.2, 0.25) is 0 Å². The fourth-order valence-electron chi connectivity index (χ4n) is 1.66. The van der Waals surface area contributed by atoms with Crippen LogP contribution in [0.4, 0.5) is 11.5 Å². The molecule has 0 aromatic carbocycles. The van der Waals surface area contributed by atoms with E-state index in [4.69, 9.17) is 0 Å². The molecule has 102 valence electrons. The highest BCUT2D eigenvalue weighted by molar-refractivity contribution is 5.76. The third kappa shape index (κ3) is 4.20. The number of amides is 1. The van der Waals surface area contributed by atoms with Crippen LogP contribution in [0.15, 0.2) is 18.3 Å². The standard InChI is InChI=1S/C12H16N4O3/c17-11(15-9-5-6-9)4-2-8-14-12-10(16(18)19)3-1-7-13-12/h1,3,7,9H,2,4-6,8H2,(H,13,14)(H,15,17). The van der Waals surface area contributed by atoms with Gasteiger partial charge in [-0.1, -0.05) is 0 Å². The van der Waals surface area contributed by atoms with Gasteiger partial charge in [0.15, 0.2) is 0 Å². The number of rotatable bonds is 7. The number of pyridine rings is 1. The van der Waals surface area contributed by atoms with E-state index in [2.05, 4.69) is 15.6 Å². The van der Waals surface area contributed by atoms with E-state index in [1.54, 1.807) is 0 Å². The van der Waals surface area contributed by atoms with Gasteiger partial charge in [-0.3, -0.25) is 14.9 Å². The van der Waals surface area contributed by atoms with E-state index >= 15 is 0 Å². The largest absolute Gasteiger partial charge is 0.364 e. The number of anilines is 1. The minimum absolute atomic E-state index is 0.0415. The maximum atomic E-state index is 11.4. The number of hydrogen-bond acceptors (Lipinski definition) is 5. The molecule has 19 heavy (non-hydrogen) atoms. The van der Waals surface area contributed by atoms with Crippen LogP contribution in [0.5, 0.6) is 0 Å². The van der Waals surface area contributed by atoms with Crippen LogP contribution >= 0.6 is 0 Å². The quantitative estimate of drug-likeness (QED) is 0.441. The molecule has 0 radical (unpaired) electrons. The zero-order valence-electron chi connectivity index (χ0n) is 10.5. The van der Waals surface area contributed by atoms with Crippen molar-refractivity contribution in [3.05, 3.63) is 28.4 Å². The average Bonchev–Trinajstić information content (AvgIpc) is 3.19. The highest BCUT2D eigenvalue weighted by atomic mass is 16.6. The minimum Gasteiger partial charge on any atom is -0.364 e. The van der Waals surface area contributed by atoms with Crippen molar-refractivity contribution in [2.45, 2.75) is 31.7 Å². The van der Waals surface area contributed by atoms with Crippen LogP contribution < -0.4 is 10.6 Å². The molecular weight excluding hydrogens is 248 g/mol. The Labute approximate surface area is 110 Å². The predicted molar refractivity (Wildman–Crippen MR) is 69.8 cm³/mol. The lowest BCUT2D eigenvalue weighted by Gasteiger charge is -2.06. The van der Waals surface area contributed by atoms with Crippen molar-refractivity contribution >= 4 is 17.4 Å². The first-order chi connectivity index (χ1) is 9.16. The van der Waals surface area contributed by atoms with E-state index in [9.17, 15) is 14.9 Å². The molecule has 1 aliphatic rings. The minimum atomic E-state index is -0.477.